The summed E-state index contributed by atoms with van der Waals surface area (Å²) in [5.74, 6) is -0.424. The van der Waals surface area contributed by atoms with Gasteiger partial charge in [-0.3, -0.25) is 9.69 Å². The molecule has 1 aromatic rings. The first-order valence-corrected chi connectivity index (χ1v) is 7.35. The summed E-state index contributed by atoms with van der Waals surface area (Å²) in [6, 6.07) is 4.19. The van der Waals surface area contributed by atoms with Crippen LogP contribution in [-0.2, 0) is 11.3 Å². The van der Waals surface area contributed by atoms with Crippen molar-refractivity contribution in [3.8, 4) is 0 Å². The molecule has 0 spiro atoms. The van der Waals surface area contributed by atoms with Gasteiger partial charge in [-0.15, -0.1) is 0 Å². The van der Waals surface area contributed by atoms with Crippen LogP contribution in [-0.4, -0.2) is 28.6 Å². The standard InChI is InChI=1S/C15H17ClFNO2/c16-12-6-9(4-5-13(12)17)7-18-8-10-2-1-3-11(10)14(18)15(19)20/h4-6,10-11,14H,1-3,7-8H2,(H,19,20). The number of hydrogen-bond acceptors (Lipinski definition) is 2. The number of carboxylic acids is 1. The third-order valence-electron chi connectivity index (χ3n) is 4.61. The summed E-state index contributed by atoms with van der Waals surface area (Å²) < 4.78 is 13.2. The topological polar surface area (TPSA) is 40.5 Å². The molecule has 3 unspecified atom stereocenters. The van der Waals surface area contributed by atoms with Crippen molar-refractivity contribution in [3.05, 3.63) is 34.6 Å². The van der Waals surface area contributed by atoms with E-state index in [2.05, 4.69) is 0 Å². The lowest BCUT2D eigenvalue weighted by molar-refractivity contribution is -0.143. The Morgan fingerprint density at radius 2 is 2.25 bits per heavy atom. The molecule has 20 heavy (non-hydrogen) atoms. The van der Waals surface area contributed by atoms with E-state index in [1.54, 1.807) is 12.1 Å². The van der Waals surface area contributed by atoms with Crippen LogP contribution in [0.3, 0.4) is 0 Å². The molecule has 1 saturated heterocycles. The SMILES string of the molecule is O=C(O)C1C2CCCC2CN1Cc1ccc(F)c(Cl)c1. The molecular weight excluding hydrogens is 281 g/mol. The number of likely N-dealkylation sites (tertiary alicyclic amines) is 1. The lowest BCUT2D eigenvalue weighted by Gasteiger charge is -2.24. The maximum Gasteiger partial charge on any atom is 0.321 e. The highest BCUT2D eigenvalue weighted by Crippen LogP contribution is 2.42. The highest BCUT2D eigenvalue weighted by Gasteiger charge is 2.47. The van der Waals surface area contributed by atoms with Crippen LogP contribution in [0, 0.1) is 17.7 Å². The van der Waals surface area contributed by atoms with Crippen molar-refractivity contribution < 1.29 is 14.3 Å². The molecule has 2 fully saturated rings. The molecule has 1 N–H and O–H groups in total. The number of carboxylic acid groups (broad SMARTS) is 1. The van der Waals surface area contributed by atoms with Crippen LogP contribution in [0.15, 0.2) is 18.2 Å². The lowest BCUT2D eigenvalue weighted by Crippen LogP contribution is -2.39. The molecule has 108 valence electrons. The third kappa shape index (κ3) is 2.42. The number of benzene rings is 1. The summed E-state index contributed by atoms with van der Waals surface area (Å²) in [5, 5.41) is 9.57. The summed E-state index contributed by atoms with van der Waals surface area (Å²) in [6.45, 7) is 1.33. The van der Waals surface area contributed by atoms with Crippen molar-refractivity contribution in [2.24, 2.45) is 11.8 Å². The number of aliphatic carboxylic acids is 1. The molecule has 3 atom stereocenters. The van der Waals surface area contributed by atoms with Gasteiger partial charge in [0.1, 0.15) is 11.9 Å². The van der Waals surface area contributed by atoms with Crippen molar-refractivity contribution in [1.82, 2.24) is 4.90 Å². The predicted molar refractivity (Wildman–Crippen MR) is 74.1 cm³/mol. The molecule has 1 aliphatic carbocycles. The zero-order chi connectivity index (χ0) is 14.3. The van der Waals surface area contributed by atoms with Crippen LogP contribution in [0.1, 0.15) is 24.8 Å². The molecule has 0 amide bonds. The first kappa shape index (κ1) is 13.8. The highest BCUT2D eigenvalue weighted by atomic mass is 35.5. The van der Waals surface area contributed by atoms with E-state index >= 15 is 0 Å². The summed E-state index contributed by atoms with van der Waals surface area (Å²) >= 11 is 5.78. The Labute approximate surface area is 122 Å². The summed E-state index contributed by atoms with van der Waals surface area (Å²) in [6.07, 6.45) is 3.26. The van der Waals surface area contributed by atoms with Crippen LogP contribution in [0.2, 0.25) is 5.02 Å². The zero-order valence-corrected chi connectivity index (χ0v) is 11.8. The second-order valence-corrected chi connectivity index (χ2v) is 6.22. The molecule has 1 aliphatic heterocycles. The van der Waals surface area contributed by atoms with Crippen molar-refractivity contribution in [2.45, 2.75) is 31.8 Å². The number of fused-ring (bicyclic) bond motifs is 1. The molecule has 3 nitrogen and oxygen atoms in total. The van der Waals surface area contributed by atoms with Crippen molar-refractivity contribution in [2.75, 3.05) is 6.54 Å². The van der Waals surface area contributed by atoms with E-state index in [0.717, 1.165) is 31.4 Å². The Balaban J connectivity index is 1.79. The molecule has 1 heterocycles. The Hall–Kier alpha value is -1.13. The number of rotatable bonds is 3. The number of nitrogens with zero attached hydrogens (tertiary/aromatic N) is 1. The highest BCUT2D eigenvalue weighted by molar-refractivity contribution is 6.30. The summed E-state index contributed by atoms with van der Waals surface area (Å²) in [4.78, 5) is 13.5. The molecule has 1 aromatic carbocycles. The van der Waals surface area contributed by atoms with Gasteiger partial charge in [0, 0.05) is 13.1 Å². The fraction of sp³-hybridized carbons (Fsp3) is 0.533. The smallest absolute Gasteiger partial charge is 0.321 e. The van der Waals surface area contributed by atoms with E-state index in [1.807, 2.05) is 4.90 Å². The Morgan fingerprint density at radius 3 is 2.95 bits per heavy atom. The molecule has 5 heteroatoms. The van der Waals surface area contributed by atoms with Crippen LogP contribution in [0.25, 0.3) is 0 Å². The van der Waals surface area contributed by atoms with Gasteiger partial charge in [0.05, 0.1) is 5.02 Å². The van der Waals surface area contributed by atoms with Crippen LogP contribution in [0.4, 0.5) is 4.39 Å². The Bertz CT molecular complexity index is 537. The van der Waals surface area contributed by atoms with E-state index in [-0.39, 0.29) is 10.9 Å². The van der Waals surface area contributed by atoms with Crippen molar-refractivity contribution in [3.63, 3.8) is 0 Å². The average Bonchev–Trinajstić information content (AvgIpc) is 2.93. The van der Waals surface area contributed by atoms with Gasteiger partial charge in [0.2, 0.25) is 0 Å². The van der Waals surface area contributed by atoms with Crippen LogP contribution < -0.4 is 0 Å². The first-order chi connectivity index (χ1) is 9.56. The minimum atomic E-state index is -0.743. The predicted octanol–water partition coefficient (Wildman–Crippen LogP) is 3.16. The van der Waals surface area contributed by atoms with Gasteiger partial charge < -0.3 is 5.11 Å². The number of hydrogen-bond donors (Lipinski definition) is 1. The largest absolute Gasteiger partial charge is 0.480 e. The van der Waals surface area contributed by atoms with Gasteiger partial charge in [0.15, 0.2) is 0 Å². The van der Waals surface area contributed by atoms with E-state index in [0.29, 0.717) is 12.5 Å². The molecule has 0 bridgehead atoms. The Kier molecular flexibility index (Phi) is 3.69. The van der Waals surface area contributed by atoms with Gasteiger partial charge in [-0.05, 0) is 42.4 Å². The normalized spacial score (nSPS) is 29.6. The van der Waals surface area contributed by atoms with Crippen LogP contribution in [0.5, 0.6) is 0 Å². The van der Waals surface area contributed by atoms with Crippen LogP contribution >= 0.6 is 11.6 Å². The molecule has 0 radical (unpaired) electrons. The van der Waals surface area contributed by atoms with Crippen molar-refractivity contribution in [1.29, 1.82) is 0 Å². The monoisotopic (exact) mass is 297 g/mol. The van der Waals surface area contributed by atoms with E-state index in [4.69, 9.17) is 11.6 Å². The summed E-state index contributed by atoms with van der Waals surface area (Å²) in [7, 11) is 0. The third-order valence-corrected chi connectivity index (χ3v) is 4.90. The van der Waals surface area contributed by atoms with Gasteiger partial charge in [-0.1, -0.05) is 24.1 Å². The van der Waals surface area contributed by atoms with Gasteiger partial charge in [0.25, 0.3) is 0 Å². The number of halogens is 2. The van der Waals surface area contributed by atoms with Gasteiger partial charge >= 0.3 is 5.97 Å². The van der Waals surface area contributed by atoms with Gasteiger partial charge in [-0.2, -0.15) is 0 Å². The fourth-order valence-electron chi connectivity index (χ4n) is 3.77. The van der Waals surface area contributed by atoms with E-state index in [1.165, 1.54) is 6.07 Å². The molecular formula is C15H17ClFNO2. The lowest BCUT2D eigenvalue weighted by atomic mass is 9.94. The maximum absolute atomic E-state index is 13.2. The van der Waals surface area contributed by atoms with Gasteiger partial charge in [-0.25, -0.2) is 4.39 Å². The number of carbonyl (C=O) groups is 1. The fourth-order valence-corrected chi connectivity index (χ4v) is 3.97. The molecule has 3 rings (SSSR count). The van der Waals surface area contributed by atoms with E-state index < -0.39 is 17.8 Å². The second kappa shape index (κ2) is 5.34. The van der Waals surface area contributed by atoms with Crippen molar-refractivity contribution >= 4 is 17.6 Å². The summed E-state index contributed by atoms with van der Waals surface area (Å²) in [5.41, 5.74) is 0.864. The second-order valence-electron chi connectivity index (χ2n) is 5.82. The molecule has 0 aromatic heterocycles. The first-order valence-electron chi connectivity index (χ1n) is 6.97. The molecule has 1 saturated carbocycles. The minimum Gasteiger partial charge on any atom is -0.480 e. The maximum atomic E-state index is 13.2. The Morgan fingerprint density at radius 1 is 1.45 bits per heavy atom. The average molecular weight is 298 g/mol. The molecule has 2 aliphatic rings. The minimum absolute atomic E-state index is 0.0915. The quantitative estimate of drug-likeness (QED) is 0.931. The zero-order valence-electron chi connectivity index (χ0n) is 11.1. The van der Waals surface area contributed by atoms with E-state index in [9.17, 15) is 14.3 Å².